The summed E-state index contributed by atoms with van der Waals surface area (Å²) in [4.78, 5) is 2.11. The van der Waals surface area contributed by atoms with E-state index in [4.69, 9.17) is 21.1 Å². The van der Waals surface area contributed by atoms with E-state index in [0.29, 0.717) is 28.0 Å². The topological polar surface area (TPSA) is 41.9 Å². The smallest absolute Gasteiger partial charge is 0.417 e. The third kappa shape index (κ3) is 3.60. The molecule has 0 spiro atoms. The average Bonchev–Trinajstić information content (AvgIpc) is 2.80. The largest absolute Gasteiger partial charge is 0.504 e. The van der Waals surface area contributed by atoms with E-state index in [1.165, 1.54) is 19.2 Å². The van der Waals surface area contributed by atoms with Crippen molar-refractivity contribution in [3.63, 3.8) is 0 Å². The van der Waals surface area contributed by atoms with Crippen molar-refractivity contribution < 1.29 is 27.8 Å². The summed E-state index contributed by atoms with van der Waals surface area (Å²) in [6.07, 6.45) is -1.44. The molecule has 0 bridgehead atoms. The summed E-state index contributed by atoms with van der Waals surface area (Å²) < 4.78 is 52.9. The molecule has 0 aromatic heterocycles. The van der Waals surface area contributed by atoms with Gasteiger partial charge in [-0.3, -0.25) is 0 Å². The quantitative estimate of drug-likeness (QED) is 0.395. The first-order valence-electron chi connectivity index (χ1n) is 11.0. The molecule has 2 heterocycles. The zero-order valence-corrected chi connectivity index (χ0v) is 20.3. The van der Waals surface area contributed by atoms with Crippen LogP contribution < -0.4 is 14.4 Å². The first kappa shape index (κ1) is 23.4. The van der Waals surface area contributed by atoms with Crippen LogP contribution in [0.4, 0.5) is 18.9 Å². The zero-order chi connectivity index (χ0) is 25.3. The van der Waals surface area contributed by atoms with Crippen molar-refractivity contribution in [1.82, 2.24) is 0 Å². The Morgan fingerprint density at radius 3 is 2.54 bits per heavy atom. The van der Waals surface area contributed by atoms with Crippen molar-refractivity contribution in [2.24, 2.45) is 0 Å². The lowest BCUT2D eigenvalue weighted by Crippen LogP contribution is -2.41. The molecule has 1 unspecified atom stereocenters. The number of halogens is 4. The number of phenolic OH excluding ortho intramolecular Hbond substituents is 1. The predicted molar refractivity (Wildman–Crippen MR) is 131 cm³/mol. The van der Waals surface area contributed by atoms with Crippen LogP contribution in [0.1, 0.15) is 42.2 Å². The Morgan fingerprint density at radius 2 is 1.86 bits per heavy atom. The van der Waals surface area contributed by atoms with Gasteiger partial charge in [0.2, 0.25) is 0 Å². The van der Waals surface area contributed by atoms with Crippen molar-refractivity contribution in [2.75, 3.05) is 19.1 Å². The normalized spacial score (nSPS) is 17.8. The van der Waals surface area contributed by atoms with Crippen molar-refractivity contribution in [1.29, 1.82) is 0 Å². The third-order valence-corrected chi connectivity index (χ3v) is 7.16. The number of alkyl halides is 3. The molecular weight excluding hydrogens is 479 g/mol. The van der Waals surface area contributed by atoms with Gasteiger partial charge < -0.3 is 19.5 Å². The average molecular weight is 502 g/mol. The second-order valence-electron chi connectivity index (χ2n) is 9.23. The standard InChI is InChI=1S/C27H23ClF3NO3/c1-26(2)12-11-15-19(32(26)3)8-6-16-22(15)24(14-5-7-18(28)17(13-14)27(29,30)31)35-21-10-9-20(33)25(34-4)23(16)21/h5-13,24,33H,1-4H3. The predicted octanol–water partition coefficient (Wildman–Crippen LogP) is 7.46. The minimum absolute atomic E-state index is 0.0587. The van der Waals surface area contributed by atoms with Crippen molar-refractivity contribution in [3.8, 4) is 28.4 Å². The van der Waals surface area contributed by atoms with E-state index in [9.17, 15) is 18.3 Å². The number of phenols is 1. The second-order valence-corrected chi connectivity index (χ2v) is 9.64. The number of hydrogen-bond donors (Lipinski definition) is 1. The molecular formula is C27H23ClF3NO3. The fourth-order valence-corrected chi connectivity index (χ4v) is 4.98. The Bertz CT molecular complexity index is 1380. The molecule has 3 aromatic rings. The van der Waals surface area contributed by atoms with Crippen LogP contribution in [0.3, 0.4) is 0 Å². The monoisotopic (exact) mass is 501 g/mol. The summed E-state index contributed by atoms with van der Waals surface area (Å²) in [6, 6.07) is 10.7. The van der Waals surface area contributed by atoms with Gasteiger partial charge in [0.05, 0.1) is 28.8 Å². The molecule has 0 saturated heterocycles. The van der Waals surface area contributed by atoms with Gasteiger partial charge >= 0.3 is 6.18 Å². The lowest BCUT2D eigenvalue weighted by molar-refractivity contribution is -0.137. The number of fused-ring (bicyclic) bond motifs is 5. The highest BCUT2D eigenvalue weighted by molar-refractivity contribution is 6.31. The second kappa shape index (κ2) is 7.85. The number of ether oxygens (including phenoxy) is 2. The summed E-state index contributed by atoms with van der Waals surface area (Å²) >= 11 is 5.90. The van der Waals surface area contributed by atoms with Crippen LogP contribution in [-0.2, 0) is 6.18 Å². The van der Waals surface area contributed by atoms with Crippen LogP contribution in [0.5, 0.6) is 17.2 Å². The molecule has 182 valence electrons. The first-order valence-corrected chi connectivity index (χ1v) is 11.4. The van der Waals surface area contributed by atoms with Crippen molar-refractivity contribution in [2.45, 2.75) is 31.7 Å². The SMILES string of the molecule is COc1c(O)ccc2c1-c1ccc3c(c1C(c1ccc(Cl)c(C(F)(F)F)c1)O2)C=CC(C)(C)N3C. The molecule has 0 amide bonds. The summed E-state index contributed by atoms with van der Waals surface area (Å²) in [5, 5.41) is 10.1. The Kier molecular flexibility index (Phi) is 5.25. The van der Waals surface area contributed by atoms with Gasteiger partial charge in [0, 0.05) is 23.9 Å². The van der Waals surface area contributed by atoms with Gasteiger partial charge in [-0.1, -0.05) is 35.9 Å². The summed E-state index contributed by atoms with van der Waals surface area (Å²) in [5.41, 5.74) is 2.82. The van der Waals surface area contributed by atoms with Gasteiger partial charge in [0.1, 0.15) is 5.75 Å². The summed E-state index contributed by atoms with van der Waals surface area (Å²) in [5.74, 6) is 0.577. The molecule has 0 saturated carbocycles. The van der Waals surface area contributed by atoms with Crippen molar-refractivity contribution >= 4 is 23.4 Å². The molecule has 3 aromatic carbocycles. The van der Waals surface area contributed by atoms with E-state index in [2.05, 4.69) is 18.7 Å². The number of anilines is 1. The fraction of sp³-hybridized carbons (Fsp3) is 0.259. The molecule has 5 rings (SSSR count). The van der Waals surface area contributed by atoms with E-state index in [1.54, 1.807) is 12.1 Å². The molecule has 2 aliphatic heterocycles. The molecule has 0 aliphatic carbocycles. The minimum atomic E-state index is -4.61. The number of benzene rings is 3. The highest BCUT2D eigenvalue weighted by Crippen LogP contribution is 2.55. The summed E-state index contributed by atoms with van der Waals surface area (Å²) in [7, 11) is 3.42. The molecule has 1 N–H and O–H groups in total. The van der Waals surface area contributed by atoms with E-state index in [0.717, 1.165) is 17.3 Å². The zero-order valence-electron chi connectivity index (χ0n) is 19.5. The van der Waals surface area contributed by atoms with E-state index in [-0.39, 0.29) is 22.1 Å². The maximum atomic E-state index is 13.7. The summed E-state index contributed by atoms with van der Waals surface area (Å²) in [6.45, 7) is 4.15. The van der Waals surface area contributed by atoms with Crippen LogP contribution in [0.2, 0.25) is 5.02 Å². The van der Waals surface area contributed by atoms with Crippen LogP contribution >= 0.6 is 11.6 Å². The Balaban J connectivity index is 1.82. The van der Waals surface area contributed by atoms with Gasteiger partial charge in [-0.05, 0) is 55.3 Å². The molecule has 35 heavy (non-hydrogen) atoms. The fourth-order valence-electron chi connectivity index (χ4n) is 4.76. The lowest BCUT2D eigenvalue weighted by atomic mass is 9.82. The number of methoxy groups -OCH3 is 1. The van der Waals surface area contributed by atoms with E-state index < -0.39 is 17.8 Å². The Morgan fingerprint density at radius 1 is 1.11 bits per heavy atom. The van der Waals surface area contributed by atoms with Gasteiger partial charge in [-0.2, -0.15) is 13.2 Å². The van der Waals surface area contributed by atoms with Crippen molar-refractivity contribution in [3.05, 3.63) is 75.8 Å². The minimum Gasteiger partial charge on any atom is -0.504 e. The highest BCUT2D eigenvalue weighted by Gasteiger charge is 2.39. The molecule has 2 aliphatic rings. The third-order valence-electron chi connectivity index (χ3n) is 6.83. The van der Waals surface area contributed by atoms with E-state index >= 15 is 0 Å². The molecule has 8 heteroatoms. The van der Waals surface area contributed by atoms with Crippen LogP contribution in [-0.4, -0.2) is 24.8 Å². The first-order chi connectivity index (χ1) is 16.4. The van der Waals surface area contributed by atoms with Gasteiger partial charge in [-0.15, -0.1) is 0 Å². The van der Waals surface area contributed by atoms with Crippen LogP contribution in [0.15, 0.2) is 48.5 Å². The molecule has 0 radical (unpaired) electrons. The lowest BCUT2D eigenvalue weighted by Gasteiger charge is -2.41. The van der Waals surface area contributed by atoms with Gasteiger partial charge in [0.15, 0.2) is 17.6 Å². The number of rotatable bonds is 2. The van der Waals surface area contributed by atoms with Gasteiger partial charge in [0.25, 0.3) is 0 Å². The number of hydrogen-bond acceptors (Lipinski definition) is 4. The number of likely N-dealkylation sites (N-methyl/N-ethyl adjacent to an activating group) is 1. The van der Waals surface area contributed by atoms with Gasteiger partial charge in [-0.25, -0.2) is 0 Å². The maximum Gasteiger partial charge on any atom is 0.417 e. The number of nitrogens with zero attached hydrogens (tertiary/aromatic N) is 1. The molecule has 4 nitrogen and oxygen atoms in total. The van der Waals surface area contributed by atoms with E-state index in [1.807, 2.05) is 31.3 Å². The van der Waals surface area contributed by atoms with Crippen LogP contribution in [0, 0.1) is 0 Å². The van der Waals surface area contributed by atoms with Crippen LogP contribution in [0.25, 0.3) is 17.2 Å². The molecule has 0 fully saturated rings. The Hall–Kier alpha value is -3.32. The maximum absolute atomic E-state index is 13.7. The molecule has 1 atom stereocenters. The highest BCUT2D eigenvalue weighted by atomic mass is 35.5. The number of aromatic hydroxyl groups is 1. The Labute approximate surface area is 206 Å².